The van der Waals surface area contributed by atoms with Crippen LogP contribution >= 0.6 is 0 Å². The van der Waals surface area contributed by atoms with Crippen molar-refractivity contribution in [1.29, 1.82) is 0 Å². The molecule has 0 nitrogen and oxygen atoms in total. The van der Waals surface area contributed by atoms with Crippen LogP contribution in [-0.2, 0) is 10.8 Å². The van der Waals surface area contributed by atoms with Crippen molar-refractivity contribution in [3.63, 3.8) is 0 Å². The van der Waals surface area contributed by atoms with Crippen LogP contribution in [0.25, 0.3) is 0 Å². The highest BCUT2D eigenvalue weighted by atomic mass is 14.3. The first kappa shape index (κ1) is 14.3. The molecule has 0 fully saturated rings. The van der Waals surface area contributed by atoms with Gasteiger partial charge in [0.05, 0.1) is 0 Å². The molecule has 0 heteroatoms. The topological polar surface area (TPSA) is 0 Å². The second kappa shape index (κ2) is 4.48. The smallest absolute Gasteiger partial charge is 0.0129 e. The lowest BCUT2D eigenvalue weighted by Gasteiger charge is -2.28. The van der Waals surface area contributed by atoms with E-state index in [0.29, 0.717) is 5.92 Å². The van der Waals surface area contributed by atoms with Crippen molar-refractivity contribution < 1.29 is 0 Å². The first-order chi connectivity index (χ1) is 7.53. The van der Waals surface area contributed by atoms with Crippen molar-refractivity contribution in [2.75, 3.05) is 0 Å². The van der Waals surface area contributed by atoms with Gasteiger partial charge in [0.25, 0.3) is 0 Å². The zero-order valence-corrected chi connectivity index (χ0v) is 12.8. The van der Waals surface area contributed by atoms with Crippen LogP contribution < -0.4 is 0 Å². The number of hydrogen-bond acceptors (Lipinski definition) is 0. The van der Waals surface area contributed by atoms with E-state index in [4.69, 9.17) is 0 Å². The predicted octanol–water partition coefficient (Wildman–Crippen LogP) is 5.41. The summed E-state index contributed by atoms with van der Waals surface area (Å²) < 4.78 is 0. The summed E-state index contributed by atoms with van der Waals surface area (Å²) in [6.07, 6.45) is 0. The summed E-state index contributed by atoms with van der Waals surface area (Å²) in [5, 5.41) is 0. The maximum absolute atomic E-state index is 2.41. The molecule has 0 saturated carbocycles. The Morgan fingerprint density at radius 3 is 1.71 bits per heavy atom. The molecule has 0 unspecified atom stereocenters. The fraction of sp³-hybridized carbons (Fsp3) is 0.647. The molecule has 96 valence electrons. The van der Waals surface area contributed by atoms with Gasteiger partial charge in [-0.05, 0) is 33.4 Å². The number of rotatable bonds is 1. The molecule has 0 atom stereocenters. The van der Waals surface area contributed by atoms with E-state index in [0.717, 1.165) is 0 Å². The third kappa shape index (κ3) is 3.34. The van der Waals surface area contributed by atoms with Crippen LogP contribution in [-0.4, -0.2) is 0 Å². The SMILES string of the molecule is CC(C)c1ccc(C(C)(C)C)cc1C(C)(C)C. The Morgan fingerprint density at radius 2 is 1.35 bits per heavy atom. The molecule has 0 spiro atoms. The molecule has 0 radical (unpaired) electrons. The van der Waals surface area contributed by atoms with E-state index in [-0.39, 0.29) is 10.8 Å². The highest BCUT2D eigenvalue weighted by Crippen LogP contribution is 2.34. The molecular formula is C17H28. The zero-order chi connectivity index (χ0) is 13.4. The number of benzene rings is 1. The van der Waals surface area contributed by atoms with E-state index in [1.807, 2.05) is 0 Å². The van der Waals surface area contributed by atoms with Crippen LogP contribution in [0, 0.1) is 0 Å². The van der Waals surface area contributed by atoms with Gasteiger partial charge in [-0.25, -0.2) is 0 Å². The molecule has 0 bridgehead atoms. The zero-order valence-electron chi connectivity index (χ0n) is 12.8. The van der Waals surface area contributed by atoms with Gasteiger partial charge in [0.1, 0.15) is 0 Å². The van der Waals surface area contributed by atoms with E-state index < -0.39 is 0 Å². The molecule has 17 heavy (non-hydrogen) atoms. The minimum absolute atomic E-state index is 0.223. The summed E-state index contributed by atoms with van der Waals surface area (Å²) in [4.78, 5) is 0. The van der Waals surface area contributed by atoms with Gasteiger partial charge in [-0.2, -0.15) is 0 Å². The highest BCUT2D eigenvalue weighted by molar-refractivity contribution is 5.40. The predicted molar refractivity (Wildman–Crippen MR) is 77.9 cm³/mol. The van der Waals surface area contributed by atoms with Crippen molar-refractivity contribution >= 4 is 0 Å². The van der Waals surface area contributed by atoms with E-state index in [1.165, 1.54) is 16.7 Å². The Kier molecular flexibility index (Phi) is 3.76. The lowest BCUT2D eigenvalue weighted by atomic mass is 9.76. The monoisotopic (exact) mass is 232 g/mol. The maximum atomic E-state index is 2.41. The summed E-state index contributed by atoms with van der Waals surface area (Å²) >= 11 is 0. The molecule has 0 N–H and O–H groups in total. The second-order valence-electron chi connectivity index (χ2n) is 7.46. The van der Waals surface area contributed by atoms with Gasteiger partial charge in [0.2, 0.25) is 0 Å². The number of hydrogen-bond donors (Lipinski definition) is 0. The van der Waals surface area contributed by atoms with Crippen LogP contribution in [0.3, 0.4) is 0 Å². The van der Waals surface area contributed by atoms with Crippen LogP contribution in [0.2, 0.25) is 0 Å². The molecule has 0 aliphatic carbocycles. The third-order valence-corrected chi connectivity index (χ3v) is 3.35. The molecule has 0 amide bonds. The normalized spacial score (nSPS) is 13.2. The van der Waals surface area contributed by atoms with Gasteiger partial charge in [-0.3, -0.25) is 0 Å². The summed E-state index contributed by atoms with van der Waals surface area (Å²) in [6.45, 7) is 18.3. The van der Waals surface area contributed by atoms with Gasteiger partial charge < -0.3 is 0 Å². The van der Waals surface area contributed by atoms with E-state index in [9.17, 15) is 0 Å². The van der Waals surface area contributed by atoms with Crippen LogP contribution in [0.4, 0.5) is 0 Å². The molecule has 1 aromatic carbocycles. The summed E-state index contributed by atoms with van der Waals surface area (Å²) in [5.74, 6) is 0.596. The Labute approximate surface area is 107 Å². The fourth-order valence-electron chi connectivity index (χ4n) is 2.18. The maximum Gasteiger partial charge on any atom is -0.0129 e. The average molecular weight is 232 g/mol. The van der Waals surface area contributed by atoms with Gasteiger partial charge in [0, 0.05) is 0 Å². The summed E-state index contributed by atoms with van der Waals surface area (Å²) in [7, 11) is 0. The molecule has 0 heterocycles. The van der Waals surface area contributed by atoms with Gasteiger partial charge in [-0.1, -0.05) is 73.6 Å². The highest BCUT2D eigenvalue weighted by Gasteiger charge is 2.22. The van der Waals surface area contributed by atoms with Crippen molar-refractivity contribution in [2.45, 2.75) is 72.1 Å². The molecule has 0 saturated heterocycles. The van der Waals surface area contributed by atoms with Crippen molar-refractivity contribution in [3.8, 4) is 0 Å². The van der Waals surface area contributed by atoms with E-state index in [2.05, 4.69) is 73.6 Å². The van der Waals surface area contributed by atoms with Gasteiger partial charge in [0.15, 0.2) is 0 Å². The second-order valence-corrected chi connectivity index (χ2v) is 7.46. The van der Waals surface area contributed by atoms with Crippen molar-refractivity contribution in [2.24, 2.45) is 0 Å². The first-order valence-corrected chi connectivity index (χ1v) is 6.68. The molecule has 0 aliphatic rings. The van der Waals surface area contributed by atoms with Crippen LogP contribution in [0.15, 0.2) is 18.2 Å². The molecule has 0 aromatic heterocycles. The quantitative estimate of drug-likeness (QED) is 0.607. The largest absolute Gasteiger partial charge is 0.0587 e. The lowest BCUT2D eigenvalue weighted by molar-refractivity contribution is 0.559. The standard InChI is InChI=1S/C17H28/c1-12(2)14-10-9-13(16(3,4)5)11-15(14)17(6,7)8/h9-12H,1-8H3. The Balaban J connectivity index is 3.41. The lowest BCUT2D eigenvalue weighted by Crippen LogP contribution is -2.18. The Hall–Kier alpha value is -0.780. The summed E-state index contributed by atoms with van der Waals surface area (Å²) in [6, 6.07) is 7.03. The van der Waals surface area contributed by atoms with E-state index in [1.54, 1.807) is 0 Å². The van der Waals surface area contributed by atoms with Crippen LogP contribution in [0.1, 0.15) is 78.0 Å². The molecule has 1 rings (SSSR count). The van der Waals surface area contributed by atoms with Gasteiger partial charge in [-0.15, -0.1) is 0 Å². The van der Waals surface area contributed by atoms with Gasteiger partial charge >= 0.3 is 0 Å². The van der Waals surface area contributed by atoms with Crippen molar-refractivity contribution in [3.05, 3.63) is 34.9 Å². The first-order valence-electron chi connectivity index (χ1n) is 6.68. The third-order valence-electron chi connectivity index (χ3n) is 3.35. The van der Waals surface area contributed by atoms with E-state index >= 15 is 0 Å². The Morgan fingerprint density at radius 1 is 0.824 bits per heavy atom. The Bertz CT molecular complexity index is 383. The molecular weight excluding hydrogens is 204 g/mol. The van der Waals surface area contributed by atoms with Crippen LogP contribution in [0.5, 0.6) is 0 Å². The molecule has 1 aromatic rings. The fourth-order valence-corrected chi connectivity index (χ4v) is 2.18. The average Bonchev–Trinajstić information content (AvgIpc) is 2.14. The molecule has 0 aliphatic heterocycles. The van der Waals surface area contributed by atoms with Crippen molar-refractivity contribution in [1.82, 2.24) is 0 Å². The summed E-state index contributed by atoms with van der Waals surface area (Å²) in [5.41, 5.74) is 4.88. The minimum atomic E-state index is 0.223. The minimum Gasteiger partial charge on any atom is -0.0587 e.